The number of carbonyl (C=O) groups excluding carboxylic acids is 1. The molecule has 0 bridgehead atoms. The van der Waals surface area contributed by atoms with E-state index in [1.165, 1.54) is 16.0 Å². The van der Waals surface area contributed by atoms with E-state index < -0.39 is 5.76 Å². The van der Waals surface area contributed by atoms with Crippen molar-refractivity contribution < 1.29 is 9.21 Å². The molecule has 0 aliphatic heterocycles. The molecule has 136 valence electrons. The van der Waals surface area contributed by atoms with E-state index >= 15 is 0 Å². The molecule has 7 nitrogen and oxygen atoms in total. The van der Waals surface area contributed by atoms with Crippen LogP contribution in [0, 0.1) is 6.92 Å². The maximum atomic E-state index is 12.4. The van der Waals surface area contributed by atoms with E-state index in [0.29, 0.717) is 5.69 Å². The Hall–Kier alpha value is -3.26. The van der Waals surface area contributed by atoms with Gasteiger partial charge in [-0.25, -0.2) is 4.79 Å². The van der Waals surface area contributed by atoms with Crippen molar-refractivity contribution in [2.45, 2.75) is 19.9 Å². The first-order valence-electron chi connectivity index (χ1n) is 8.38. The number of anilines is 1. The van der Waals surface area contributed by atoms with Gasteiger partial charge in [0.2, 0.25) is 5.91 Å². The van der Waals surface area contributed by atoms with Crippen LogP contribution in [0.2, 0.25) is 0 Å². The Kier molecular flexibility index (Phi) is 4.55. The number of nitrogens with zero attached hydrogens (tertiary/aromatic N) is 3. The fourth-order valence-corrected chi connectivity index (χ4v) is 3.43. The molecule has 0 saturated heterocycles. The third-order valence-electron chi connectivity index (χ3n) is 4.13. The summed E-state index contributed by atoms with van der Waals surface area (Å²) in [5, 5.41) is 9.79. The number of amides is 1. The van der Waals surface area contributed by atoms with Crippen molar-refractivity contribution in [1.82, 2.24) is 14.8 Å². The zero-order valence-corrected chi connectivity index (χ0v) is 15.3. The molecule has 0 saturated carbocycles. The van der Waals surface area contributed by atoms with Crippen molar-refractivity contribution in [2.75, 3.05) is 5.32 Å². The second-order valence-electron chi connectivity index (χ2n) is 6.00. The Morgan fingerprint density at radius 2 is 2.15 bits per heavy atom. The van der Waals surface area contributed by atoms with Gasteiger partial charge >= 0.3 is 5.76 Å². The summed E-state index contributed by atoms with van der Waals surface area (Å²) in [6, 6.07) is 11.2. The number of hydrogen-bond donors (Lipinski definition) is 1. The maximum absolute atomic E-state index is 12.4. The molecular formula is C19H16N4O3S. The average Bonchev–Trinajstić information content (AvgIpc) is 3.32. The number of fused-ring (bicyclic) bond motifs is 1. The van der Waals surface area contributed by atoms with Gasteiger partial charge in [-0.2, -0.15) is 4.68 Å². The molecule has 1 amide bonds. The van der Waals surface area contributed by atoms with Crippen molar-refractivity contribution in [3.05, 3.63) is 64.1 Å². The van der Waals surface area contributed by atoms with Crippen molar-refractivity contribution in [3.63, 3.8) is 0 Å². The second-order valence-corrected chi connectivity index (χ2v) is 6.95. The minimum atomic E-state index is -0.573. The van der Waals surface area contributed by atoms with E-state index in [2.05, 4.69) is 15.4 Å². The molecule has 8 heteroatoms. The second kappa shape index (κ2) is 7.16. The van der Waals surface area contributed by atoms with E-state index in [9.17, 15) is 9.59 Å². The summed E-state index contributed by atoms with van der Waals surface area (Å²) in [5.74, 6) is -0.515. The van der Waals surface area contributed by atoms with Crippen LogP contribution in [0.4, 0.5) is 5.69 Å². The lowest BCUT2D eigenvalue weighted by molar-refractivity contribution is -0.116. The van der Waals surface area contributed by atoms with Crippen molar-refractivity contribution in [2.24, 2.45) is 0 Å². The molecule has 4 aromatic rings. The van der Waals surface area contributed by atoms with Crippen LogP contribution in [0.25, 0.3) is 21.7 Å². The van der Waals surface area contributed by atoms with E-state index in [0.717, 1.165) is 21.3 Å². The lowest BCUT2D eigenvalue weighted by atomic mass is 10.1. The van der Waals surface area contributed by atoms with E-state index in [4.69, 9.17) is 4.42 Å². The van der Waals surface area contributed by atoms with Crippen LogP contribution in [0.5, 0.6) is 0 Å². The van der Waals surface area contributed by atoms with Crippen molar-refractivity contribution in [3.8, 4) is 10.8 Å². The Morgan fingerprint density at radius 3 is 2.96 bits per heavy atom. The molecule has 27 heavy (non-hydrogen) atoms. The lowest BCUT2D eigenvalue weighted by Gasteiger charge is -2.09. The fraction of sp³-hybridized carbons (Fsp3) is 0.158. The monoisotopic (exact) mass is 380 g/mol. The summed E-state index contributed by atoms with van der Waals surface area (Å²) in [7, 11) is 0. The van der Waals surface area contributed by atoms with Crippen LogP contribution in [-0.4, -0.2) is 20.7 Å². The Morgan fingerprint density at radius 1 is 1.26 bits per heavy atom. The van der Waals surface area contributed by atoms with Gasteiger partial charge in [0.1, 0.15) is 0 Å². The van der Waals surface area contributed by atoms with Gasteiger partial charge in [0, 0.05) is 18.0 Å². The summed E-state index contributed by atoms with van der Waals surface area (Å²) in [5.41, 5.74) is 2.59. The highest BCUT2D eigenvalue weighted by molar-refractivity contribution is 7.13. The van der Waals surface area contributed by atoms with Gasteiger partial charge in [0.15, 0.2) is 0 Å². The first kappa shape index (κ1) is 17.2. The highest BCUT2D eigenvalue weighted by Crippen LogP contribution is 2.25. The predicted molar refractivity (Wildman–Crippen MR) is 104 cm³/mol. The number of nitrogens with one attached hydrogen (secondary N) is 1. The van der Waals surface area contributed by atoms with Crippen LogP contribution >= 0.6 is 11.3 Å². The molecule has 0 radical (unpaired) electrons. The quantitative estimate of drug-likeness (QED) is 0.573. The first-order valence-corrected chi connectivity index (χ1v) is 9.26. The molecule has 1 N–H and O–H groups in total. The van der Waals surface area contributed by atoms with E-state index in [1.807, 2.05) is 48.7 Å². The lowest BCUT2D eigenvalue weighted by Crippen LogP contribution is -2.21. The highest BCUT2D eigenvalue weighted by atomic mass is 32.1. The highest BCUT2D eigenvalue weighted by Gasteiger charge is 2.13. The van der Waals surface area contributed by atoms with Crippen molar-refractivity contribution >= 4 is 33.8 Å². The molecule has 1 aromatic carbocycles. The molecular weight excluding hydrogens is 364 g/mol. The Bertz CT molecular complexity index is 1160. The molecule has 0 fully saturated rings. The Balaban J connectivity index is 1.47. The van der Waals surface area contributed by atoms with E-state index in [1.54, 1.807) is 6.20 Å². The third-order valence-corrected chi connectivity index (χ3v) is 4.99. The normalized spacial score (nSPS) is 11.0. The number of carbonyl (C=O) groups is 1. The topological polar surface area (TPSA) is 90.0 Å². The fourth-order valence-electron chi connectivity index (χ4n) is 2.79. The Labute approximate surface area is 158 Å². The van der Waals surface area contributed by atoms with Crippen LogP contribution in [0.15, 0.2) is 57.2 Å². The number of aromatic nitrogens is 3. The first-order chi connectivity index (χ1) is 13.1. The molecule has 3 aromatic heterocycles. The van der Waals surface area contributed by atoms with Gasteiger partial charge in [-0.3, -0.25) is 9.78 Å². The third kappa shape index (κ3) is 3.52. The summed E-state index contributed by atoms with van der Waals surface area (Å²) in [6.45, 7) is 2.12. The van der Waals surface area contributed by atoms with Gasteiger partial charge in [-0.05, 0) is 42.1 Å². The smallest absolute Gasteiger partial charge is 0.387 e. The summed E-state index contributed by atoms with van der Waals surface area (Å²) in [6.07, 6.45) is 1.83. The minimum Gasteiger partial charge on any atom is -0.387 e. The average molecular weight is 380 g/mol. The molecule has 0 aliphatic carbocycles. The molecule has 0 spiro atoms. The summed E-state index contributed by atoms with van der Waals surface area (Å²) >= 11 is 1.43. The number of rotatable bonds is 5. The number of pyridine rings is 1. The largest absolute Gasteiger partial charge is 0.437 e. The van der Waals surface area contributed by atoms with Crippen LogP contribution in [0.1, 0.15) is 12.0 Å². The summed E-state index contributed by atoms with van der Waals surface area (Å²) < 4.78 is 6.32. The standard InChI is InChI=1S/C19H16N4O3S/c1-12-6-7-14(13-4-2-9-20-17(12)13)21-16(24)8-10-23-19(25)26-18(22-23)15-5-3-11-27-15/h2-7,9,11H,8,10H2,1H3,(H,21,24). The molecule has 4 rings (SSSR count). The zero-order valence-electron chi connectivity index (χ0n) is 14.5. The van der Waals surface area contributed by atoms with Gasteiger partial charge in [-0.1, -0.05) is 12.1 Å². The molecule has 0 unspecified atom stereocenters. The molecule has 0 aliphatic rings. The van der Waals surface area contributed by atoms with Gasteiger partial charge in [0.25, 0.3) is 5.89 Å². The number of hydrogen-bond acceptors (Lipinski definition) is 6. The molecule has 0 atom stereocenters. The van der Waals surface area contributed by atoms with Gasteiger partial charge < -0.3 is 9.73 Å². The predicted octanol–water partition coefficient (Wildman–Crippen LogP) is 3.45. The number of benzene rings is 1. The minimum absolute atomic E-state index is 0.103. The maximum Gasteiger partial charge on any atom is 0.437 e. The van der Waals surface area contributed by atoms with Crippen LogP contribution in [-0.2, 0) is 11.3 Å². The number of aryl methyl sites for hydroxylation is 2. The van der Waals surface area contributed by atoms with E-state index in [-0.39, 0.29) is 24.8 Å². The zero-order chi connectivity index (χ0) is 18.8. The SMILES string of the molecule is Cc1ccc(NC(=O)CCn2nc(-c3cccs3)oc2=O)c2cccnc12. The van der Waals surface area contributed by atoms with Crippen LogP contribution < -0.4 is 11.1 Å². The van der Waals surface area contributed by atoms with Gasteiger partial charge in [-0.15, -0.1) is 16.4 Å². The summed E-state index contributed by atoms with van der Waals surface area (Å²) in [4.78, 5) is 29.4. The van der Waals surface area contributed by atoms with Gasteiger partial charge in [0.05, 0.1) is 22.6 Å². The number of thiophene rings is 1. The van der Waals surface area contributed by atoms with Crippen molar-refractivity contribution in [1.29, 1.82) is 0 Å². The van der Waals surface area contributed by atoms with Crippen LogP contribution in [0.3, 0.4) is 0 Å². The molecule has 3 heterocycles.